The molecule has 4 rings (SSSR count). The topological polar surface area (TPSA) is 58.6 Å². The standard InChI is InChI=1S/C26H24N2O3S/c1-3-18-10-14-20(15-11-18)28-25(29)23(27-19-12-16-21(17-13-19)31-4-2)24(26(28)30)32-22-8-6-5-7-9-22/h5-17,27H,3-4H2,1-2H3. The van der Waals surface area contributed by atoms with Gasteiger partial charge in [-0.25, -0.2) is 4.90 Å². The normalized spacial score (nSPS) is 13.6. The molecule has 1 aliphatic rings. The predicted molar refractivity (Wildman–Crippen MR) is 129 cm³/mol. The van der Waals surface area contributed by atoms with Gasteiger partial charge in [0.2, 0.25) is 0 Å². The van der Waals surface area contributed by atoms with E-state index in [1.807, 2.05) is 85.8 Å². The number of hydrogen-bond donors (Lipinski definition) is 1. The number of amides is 2. The lowest BCUT2D eigenvalue weighted by atomic mass is 10.1. The summed E-state index contributed by atoms with van der Waals surface area (Å²) in [5.74, 6) is 0.0467. The molecule has 0 saturated carbocycles. The first kappa shape index (κ1) is 21.7. The van der Waals surface area contributed by atoms with Crippen LogP contribution in [0, 0.1) is 0 Å². The molecule has 3 aromatic rings. The van der Waals surface area contributed by atoms with E-state index >= 15 is 0 Å². The van der Waals surface area contributed by atoms with Gasteiger partial charge in [0.1, 0.15) is 16.4 Å². The Morgan fingerprint density at radius 3 is 2.16 bits per heavy atom. The first-order chi connectivity index (χ1) is 15.6. The van der Waals surface area contributed by atoms with Crippen molar-refractivity contribution in [3.8, 4) is 5.75 Å². The molecule has 0 fully saturated rings. The number of carbonyl (C=O) groups excluding carboxylic acids is 2. The van der Waals surface area contributed by atoms with E-state index in [2.05, 4.69) is 12.2 Å². The quantitative estimate of drug-likeness (QED) is 0.456. The monoisotopic (exact) mass is 444 g/mol. The summed E-state index contributed by atoms with van der Waals surface area (Å²) >= 11 is 1.29. The van der Waals surface area contributed by atoms with Crippen molar-refractivity contribution in [2.24, 2.45) is 0 Å². The van der Waals surface area contributed by atoms with Gasteiger partial charge < -0.3 is 10.1 Å². The van der Waals surface area contributed by atoms with E-state index in [0.29, 0.717) is 22.9 Å². The van der Waals surface area contributed by atoms with Gasteiger partial charge in [-0.2, -0.15) is 0 Å². The average molecular weight is 445 g/mol. The SMILES string of the molecule is CCOc1ccc(NC2=C(Sc3ccccc3)C(=O)N(c3ccc(CC)cc3)C2=O)cc1. The van der Waals surface area contributed by atoms with E-state index in [1.165, 1.54) is 16.7 Å². The van der Waals surface area contributed by atoms with Gasteiger partial charge in [-0.3, -0.25) is 9.59 Å². The van der Waals surface area contributed by atoms with Crippen LogP contribution >= 0.6 is 11.8 Å². The molecule has 0 radical (unpaired) electrons. The van der Waals surface area contributed by atoms with Crippen LogP contribution in [0.4, 0.5) is 11.4 Å². The molecule has 0 bridgehead atoms. The summed E-state index contributed by atoms with van der Waals surface area (Å²) in [5.41, 5.74) is 2.69. The largest absolute Gasteiger partial charge is 0.494 e. The van der Waals surface area contributed by atoms with E-state index in [1.54, 1.807) is 0 Å². The van der Waals surface area contributed by atoms with Gasteiger partial charge in [0.05, 0.1) is 12.3 Å². The van der Waals surface area contributed by atoms with E-state index in [-0.39, 0.29) is 17.5 Å². The van der Waals surface area contributed by atoms with Crippen molar-refractivity contribution < 1.29 is 14.3 Å². The molecule has 0 saturated heterocycles. The Balaban J connectivity index is 1.68. The summed E-state index contributed by atoms with van der Waals surface area (Å²) in [6, 6.07) is 24.4. The molecule has 0 aromatic heterocycles. The van der Waals surface area contributed by atoms with Crippen molar-refractivity contribution in [3.05, 3.63) is 95.0 Å². The third kappa shape index (κ3) is 4.55. The summed E-state index contributed by atoms with van der Waals surface area (Å²) in [7, 11) is 0. The number of benzene rings is 3. The molecule has 1 heterocycles. The molecule has 0 spiro atoms. The fraction of sp³-hybridized carbons (Fsp3) is 0.154. The Kier molecular flexibility index (Phi) is 6.61. The molecule has 3 aromatic carbocycles. The third-order valence-corrected chi connectivity index (χ3v) is 6.13. The van der Waals surface area contributed by atoms with Crippen LogP contribution in [0.1, 0.15) is 19.4 Å². The summed E-state index contributed by atoms with van der Waals surface area (Å²) in [6.45, 7) is 4.57. The number of ether oxygens (including phenoxy) is 1. The van der Waals surface area contributed by atoms with E-state index in [0.717, 1.165) is 22.6 Å². The van der Waals surface area contributed by atoms with E-state index in [4.69, 9.17) is 4.74 Å². The maximum absolute atomic E-state index is 13.4. The van der Waals surface area contributed by atoms with Crippen molar-refractivity contribution in [2.75, 3.05) is 16.8 Å². The maximum Gasteiger partial charge on any atom is 0.283 e. The maximum atomic E-state index is 13.4. The molecule has 0 unspecified atom stereocenters. The fourth-order valence-electron chi connectivity index (χ4n) is 3.38. The molecular weight excluding hydrogens is 420 g/mol. The van der Waals surface area contributed by atoms with Crippen LogP contribution in [0.15, 0.2) is 94.4 Å². The molecule has 6 heteroatoms. The Labute approximate surface area is 192 Å². The van der Waals surface area contributed by atoms with Gasteiger partial charge in [-0.15, -0.1) is 0 Å². The van der Waals surface area contributed by atoms with Crippen molar-refractivity contribution in [1.29, 1.82) is 0 Å². The zero-order chi connectivity index (χ0) is 22.5. The van der Waals surface area contributed by atoms with E-state index < -0.39 is 0 Å². The first-order valence-corrected chi connectivity index (χ1v) is 11.4. The summed E-state index contributed by atoms with van der Waals surface area (Å²) in [4.78, 5) is 29.3. The van der Waals surface area contributed by atoms with Gasteiger partial charge in [0.25, 0.3) is 11.8 Å². The molecule has 162 valence electrons. The van der Waals surface area contributed by atoms with Gasteiger partial charge in [0, 0.05) is 10.6 Å². The van der Waals surface area contributed by atoms with Gasteiger partial charge in [-0.05, 0) is 67.4 Å². The number of anilines is 2. The average Bonchev–Trinajstić information content (AvgIpc) is 3.05. The molecule has 32 heavy (non-hydrogen) atoms. The van der Waals surface area contributed by atoms with Crippen LogP contribution in [0.5, 0.6) is 5.75 Å². The minimum absolute atomic E-state index is 0.271. The van der Waals surface area contributed by atoms with Crippen LogP contribution in [0.3, 0.4) is 0 Å². The molecule has 0 atom stereocenters. The van der Waals surface area contributed by atoms with Crippen LogP contribution in [0.25, 0.3) is 0 Å². The molecule has 1 N–H and O–H groups in total. The summed E-state index contributed by atoms with van der Waals surface area (Å²) in [6.07, 6.45) is 0.889. The first-order valence-electron chi connectivity index (χ1n) is 10.6. The minimum Gasteiger partial charge on any atom is -0.494 e. The van der Waals surface area contributed by atoms with Crippen LogP contribution in [-0.2, 0) is 16.0 Å². The fourth-order valence-corrected chi connectivity index (χ4v) is 4.33. The minimum atomic E-state index is -0.369. The number of carbonyl (C=O) groups is 2. The molecular formula is C26H24N2O3S. The summed E-state index contributed by atoms with van der Waals surface area (Å²) in [5, 5.41) is 3.17. The lowest BCUT2D eigenvalue weighted by Gasteiger charge is -2.16. The van der Waals surface area contributed by atoms with Gasteiger partial charge in [-0.1, -0.05) is 49.0 Å². The lowest BCUT2D eigenvalue weighted by Crippen LogP contribution is -2.32. The highest BCUT2D eigenvalue weighted by Gasteiger charge is 2.40. The predicted octanol–water partition coefficient (Wildman–Crippen LogP) is 5.64. The van der Waals surface area contributed by atoms with Crippen molar-refractivity contribution >= 4 is 35.0 Å². The highest BCUT2D eigenvalue weighted by molar-refractivity contribution is 8.04. The smallest absolute Gasteiger partial charge is 0.283 e. The van der Waals surface area contributed by atoms with Crippen LogP contribution < -0.4 is 15.0 Å². The molecule has 0 aliphatic carbocycles. The molecule has 1 aliphatic heterocycles. The number of thioether (sulfide) groups is 1. The van der Waals surface area contributed by atoms with Crippen molar-refractivity contribution in [1.82, 2.24) is 0 Å². The van der Waals surface area contributed by atoms with Crippen LogP contribution in [0.2, 0.25) is 0 Å². The van der Waals surface area contributed by atoms with Crippen molar-refractivity contribution in [3.63, 3.8) is 0 Å². The number of nitrogens with zero attached hydrogens (tertiary/aromatic N) is 1. The Morgan fingerprint density at radius 2 is 1.53 bits per heavy atom. The van der Waals surface area contributed by atoms with Crippen molar-refractivity contribution in [2.45, 2.75) is 25.2 Å². The number of nitrogens with one attached hydrogen (secondary N) is 1. The number of aryl methyl sites for hydroxylation is 1. The van der Waals surface area contributed by atoms with Gasteiger partial charge >= 0.3 is 0 Å². The third-order valence-electron chi connectivity index (χ3n) is 5.04. The lowest BCUT2D eigenvalue weighted by molar-refractivity contribution is -0.120. The number of imide groups is 1. The molecule has 5 nitrogen and oxygen atoms in total. The molecule has 2 amide bonds. The van der Waals surface area contributed by atoms with Crippen LogP contribution in [-0.4, -0.2) is 18.4 Å². The Hall–Kier alpha value is -3.51. The Morgan fingerprint density at radius 1 is 0.844 bits per heavy atom. The Bertz CT molecular complexity index is 1140. The second kappa shape index (κ2) is 9.75. The van der Waals surface area contributed by atoms with Gasteiger partial charge in [0.15, 0.2) is 0 Å². The zero-order valence-corrected chi connectivity index (χ0v) is 18.8. The van der Waals surface area contributed by atoms with E-state index in [9.17, 15) is 9.59 Å². The second-order valence-corrected chi connectivity index (χ2v) is 8.25. The highest BCUT2D eigenvalue weighted by Crippen LogP contribution is 2.38. The number of rotatable bonds is 8. The summed E-state index contributed by atoms with van der Waals surface area (Å²) < 4.78 is 5.49. The second-order valence-electron chi connectivity index (χ2n) is 7.17. The zero-order valence-electron chi connectivity index (χ0n) is 18.0. The number of hydrogen-bond acceptors (Lipinski definition) is 5. The highest BCUT2D eigenvalue weighted by atomic mass is 32.2.